The van der Waals surface area contributed by atoms with Gasteiger partial charge < -0.3 is 31.3 Å². The average Bonchev–Trinajstić information content (AvgIpc) is 2.64. The van der Waals surface area contributed by atoms with E-state index in [1.54, 1.807) is 0 Å². The number of nitrogens with two attached hydrogens (primary N) is 1. The predicted molar refractivity (Wildman–Crippen MR) is 102 cm³/mol. The van der Waals surface area contributed by atoms with Crippen molar-refractivity contribution < 1.29 is 34.1 Å². The van der Waals surface area contributed by atoms with Crippen LogP contribution in [0, 0.1) is 0 Å². The minimum Gasteiger partial charge on any atom is -0.481 e. The monoisotopic (exact) mass is 403 g/mol. The third kappa shape index (κ3) is 13.9. The molecule has 0 aromatic heterocycles. The summed E-state index contributed by atoms with van der Waals surface area (Å²) in [5.74, 6) is -3.70. The molecule has 0 aliphatic rings. The third-order valence-corrected chi connectivity index (χ3v) is 3.98. The molecule has 6 N–H and O–H groups in total. The zero-order valence-corrected chi connectivity index (χ0v) is 16.4. The Bertz CT molecular complexity index is 500. The molecule has 0 aliphatic carbocycles. The van der Waals surface area contributed by atoms with Gasteiger partial charge in [0.2, 0.25) is 11.8 Å². The van der Waals surface area contributed by atoms with E-state index in [2.05, 4.69) is 17.6 Å². The maximum Gasteiger partial charge on any atom is 0.322 e. The fraction of sp³-hybridized carbons (Fsp3) is 0.778. The molecule has 10 heteroatoms. The Morgan fingerprint density at radius 3 is 2.21 bits per heavy atom. The van der Waals surface area contributed by atoms with Gasteiger partial charge in [0.1, 0.15) is 12.6 Å². The summed E-state index contributed by atoms with van der Waals surface area (Å²) in [6.07, 6.45) is 6.10. The maximum atomic E-state index is 12.1. The number of hydrogen-bond donors (Lipinski definition) is 5. The lowest BCUT2D eigenvalue weighted by Crippen LogP contribution is -2.54. The zero-order chi connectivity index (χ0) is 21.4. The number of unbranched alkanes of at least 4 members (excludes halogenated alkanes) is 5. The minimum atomic E-state index is -1.22. The first-order valence-corrected chi connectivity index (χ1v) is 9.62. The van der Waals surface area contributed by atoms with E-state index in [9.17, 15) is 19.2 Å². The van der Waals surface area contributed by atoms with Crippen LogP contribution in [0.5, 0.6) is 0 Å². The van der Waals surface area contributed by atoms with Crippen molar-refractivity contribution >= 4 is 23.8 Å². The van der Waals surface area contributed by atoms with E-state index in [0.717, 1.165) is 25.7 Å². The van der Waals surface area contributed by atoms with Gasteiger partial charge in [-0.25, -0.2) is 0 Å². The highest BCUT2D eigenvalue weighted by Gasteiger charge is 2.24. The second-order valence-electron chi connectivity index (χ2n) is 6.55. The van der Waals surface area contributed by atoms with Crippen LogP contribution >= 0.6 is 0 Å². The fourth-order valence-electron chi connectivity index (χ4n) is 2.34. The van der Waals surface area contributed by atoms with Crippen LogP contribution in [0.1, 0.15) is 58.3 Å². The quantitative estimate of drug-likeness (QED) is 0.215. The van der Waals surface area contributed by atoms with Crippen molar-refractivity contribution in [2.45, 2.75) is 70.4 Å². The molecule has 0 heterocycles. The number of carboxylic acids is 2. The summed E-state index contributed by atoms with van der Waals surface area (Å²) in [5, 5.41) is 21.9. The van der Waals surface area contributed by atoms with E-state index in [1.165, 1.54) is 12.8 Å². The molecule has 0 bridgehead atoms. The largest absolute Gasteiger partial charge is 0.481 e. The van der Waals surface area contributed by atoms with Crippen molar-refractivity contribution in [2.24, 2.45) is 5.73 Å². The number of nitrogens with one attached hydrogen (secondary N) is 2. The summed E-state index contributed by atoms with van der Waals surface area (Å²) < 4.78 is 5.45. The minimum absolute atomic E-state index is 0.0801. The van der Waals surface area contributed by atoms with Crippen LogP contribution in [-0.4, -0.2) is 65.8 Å². The molecule has 0 rings (SSSR count). The van der Waals surface area contributed by atoms with Gasteiger partial charge in [0, 0.05) is 13.0 Å². The van der Waals surface area contributed by atoms with Gasteiger partial charge in [0.15, 0.2) is 0 Å². The first kappa shape index (κ1) is 25.8. The number of ether oxygens (including phenoxy) is 1. The Morgan fingerprint density at radius 2 is 1.61 bits per heavy atom. The van der Waals surface area contributed by atoms with E-state index in [0.29, 0.717) is 6.61 Å². The number of aliphatic carboxylic acids is 2. The molecular weight excluding hydrogens is 370 g/mol. The molecule has 162 valence electrons. The Morgan fingerprint density at radius 1 is 0.964 bits per heavy atom. The Balaban J connectivity index is 4.45. The number of carbonyl (C=O) groups excluding carboxylic acids is 2. The van der Waals surface area contributed by atoms with E-state index in [1.807, 2.05) is 0 Å². The average molecular weight is 403 g/mol. The van der Waals surface area contributed by atoms with Crippen molar-refractivity contribution in [3.63, 3.8) is 0 Å². The highest BCUT2D eigenvalue weighted by molar-refractivity contribution is 5.91. The van der Waals surface area contributed by atoms with Gasteiger partial charge in [-0.15, -0.1) is 0 Å². The maximum absolute atomic E-state index is 12.1. The SMILES string of the molecule is CCCCCCCCOC[C@H](NC(=O)[C@@H](N)CCC(=O)O)C(=O)NCC(=O)O. The van der Waals surface area contributed by atoms with Gasteiger partial charge in [-0.1, -0.05) is 39.0 Å². The molecule has 0 aromatic rings. The summed E-state index contributed by atoms with van der Waals surface area (Å²) in [6.45, 7) is 1.84. The fourth-order valence-corrected chi connectivity index (χ4v) is 2.34. The predicted octanol–water partition coefficient (Wildman–Crippen LogP) is 0.241. The summed E-state index contributed by atoms with van der Waals surface area (Å²) in [4.78, 5) is 45.3. The summed E-state index contributed by atoms with van der Waals surface area (Å²) >= 11 is 0. The van der Waals surface area contributed by atoms with Gasteiger partial charge >= 0.3 is 11.9 Å². The van der Waals surface area contributed by atoms with Gasteiger partial charge in [0.05, 0.1) is 12.6 Å². The summed E-state index contributed by atoms with van der Waals surface area (Å²) in [7, 11) is 0. The van der Waals surface area contributed by atoms with Crippen LogP contribution in [0.4, 0.5) is 0 Å². The van der Waals surface area contributed by atoms with Crippen LogP contribution in [0.2, 0.25) is 0 Å². The van der Waals surface area contributed by atoms with Crippen LogP contribution in [-0.2, 0) is 23.9 Å². The lowest BCUT2D eigenvalue weighted by Gasteiger charge is -2.20. The Hall–Kier alpha value is -2.20. The highest BCUT2D eigenvalue weighted by atomic mass is 16.5. The van der Waals surface area contributed by atoms with Crippen molar-refractivity contribution in [2.75, 3.05) is 19.8 Å². The van der Waals surface area contributed by atoms with Gasteiger partial charge in [-0.05, 0) is 12.8 Å². The molecule has 2 atom stereocenters. The summed E-state index contributed by atoms with van der Waals surface area (Å²) in [6, 6.07) is -2.20. The molecule has 0 unspecified atom stereocenters. The number of carbonyl (C=O) groups is 4. The first-order valence-electron chi connectivity index (χ1n) is 9.62. The molecule has 0 aromatic carbocycles. The van der Waals surface area contributed by atoms with E-state index < -0.39 is 42.4 Å². The molecule has 10 nitrogen and oxygen atoms in total. The van der Waals surface area contributed by atoms with Gasteiger partial charge in [-0.2, -0.15) is 0 Å². The smallest absolute Gasteiger partial charge is 0.322 e. The molecule has 0 saturated heterocycles. The third-order valence-electron chi connectivity index (χ3n) is 3.98. The molecule has 0 saturated carbocycles. The molecule has 0 fully saturated rings. The van der Waals surface area contributed by atoms with Crippen LogP contribution < -0.4 is 16.4 Å². The summed E-state index contributed by atoms with van der Waals surface area (Å²) in [5.41, 5.74) is 5.63. The van der Waals surface area contributed by atoms with Crippen molar-refractivity contribution in [1.82, 2.24) is 10.6 Å². The lowest BCUT2D eigenvalue weighted by atomic mass is 10.1. The van der Waals surface area contributed by atoms with E-state index in [-0.39, 0.29) is 19.4 Å². The number of rotatable bonds is 17. The number of hydrogen-bond acceptors (Lipinski definition) is 6. The normalized spacial score (nSPS) is 12.8. The number of carboxylic acid groups (broad SMARTS) is 2. The van der Waals surface area contributed by atoms with Crippen LogP contribution in [0.25, 0.3) is 0 Å². The highest BCUT2D eigenvalue weighted by Crippen LogP contribution is 2.05. The molecule has 0 aliphatic heterocycles. The molecule has 0 radical (unpaired) electrons. The molecule has 2 amide bonds. The molecule has 0 spiro atoms. The van der Waals surface area contributed by atoms with Crippen molar-refractivity contribution in [3.8, 4) is 0 Å². The lowest BCUT2D eigenvalue weighted by molar-refractivity contribution is -0.138. The zero-order valence-electron chi connectivity index (χ0n) is 16.4. The van der Waals surface area contributed by atoms with Crippen molar-refractivity contribution in [1.29, 1.82) is 0 Å². The topological polar surface area (TPSA) is 168 Å². The van der Waals surface area contributed by atoms with E-state index in [4.69, 9.17) is 20.7 Å². The molecular formula is C18H33N3O7. The standard InChI is InChI=1S/C18H33N3O7/c1-2-3-4-5-6-7-10-28-12-14(18(27)20-11-16(24)25)21-17(26)13(19)8-9-15(22)23/h13-14H,2-12,19H2,1H3,(H,20,27)(H,21,26)(H,22,23)(H,24,25)/t13-,14-/m0/s1. The second-order valence-corrected chi connectivity index (χ2v) is 6.55. The van der Waals surface area contributed by atoms with Crippen molar-refractivity contribution in [3.05, 3.63) is 0 Å². The van der Waals surface area contributed by atoms with Gasteiger partial charge in [0.25, 0.3) is 0 Å². The Kier molecular flexibility index (Phi) is 14.6. The number of amides is 2. The Labute approximate surface area is 165 Å². The van der Waals surface area contributed by atoms with Crippen LogP contribution in [0.3, 0.4) is 0 Å². The second kappa shape index (κ2) is 15.8. The van der Waals surface area contributed by atoms with Crippen LogP contribution in [0.15, 0.2) is 0 Å². The van der Waals surface area contributed by atoms with E-state index >= 15 is 0 Å². The first-order chi connectivity index (χ1) is 13.3. The van der Waals surface area contributed by atoms with Gasteiger partial charge in [-0.3, -0.25) is 19.2 Å². The molecule has 28 heavy (non-hydrogen) atoms.